The van der Waals surface area contributed by atoms with Crippen molar-refractivity contribution in [2.24, 2.45) is 34.5 Å². The van der Waals surface area contributed by atoms with Gasteiger partial charge in [-0.15, -0.1) is 0 Å². The van der Waals surface area contributed by atoms with Crippen LogP contribution in [-0.2, 0) is 9.53 Å². The Morgan fingerprint density at radius 3 is 2.72 bits per heavy atom. The molecule has 1 N–H and O–H groups in total. The molecule has 0 aromatic carbocycles. The molecular formula is C22H33NO2. The fourth-order valence-corrected chi connectivity index (χ4v) is 8.04. The second-order valence-electron chi connectivity index (χ2n) is 9.86. The van der Waals surface area contributed by atoms with Crippen LogP contribution in [0.4, 0.5) is 0 Å². The maximum atomic E-state index is 12.9. The van der Waals surface area contributed by atoms with Crippen LogP contribution in [0.15, 0.2) is 11.6 Å². The molecule has 0 aromatic heterocycles. The van der Waals surface area contributed by atoms with Crippen molar-refractivity contribution < 1.29 is 9.53 Å². The van der Waals surface area contributed by atoms with Gasteiger partial charge < -0.3 is 10.1 Å². The van der Waals surface area contributed by atoms with E-state index in [1.807, 2.05) is 0 Å². The first-order valence-electron chi connectivity index (χ1n) is 10.6. The first kappa shape index (κ1) is 16.4. The smallest absolute Gasteiger partial charge is 0.313 e. The maximum absolute atomic E-state index is 12.9. The molecule has 3 nitrogen and oxygen atoms in total. The van der Waals surface area contributed by atoms with Crippen LogP contribution >= 0.6 is 0 Å². The zero-order valence-corrected chi connectivity index (χ0v) is 16.0. The average Bonchev–Trinajstić information content (AvgIpc) is 3.11. The van der Waals surface area contributed by atoms with Gasteiger partial charge in [-0.3, -0.25) is 4.79 Å². The highest BCUT2D eigenvalue weighted by molar-refractivity contribution is 5.81. The molecule has 1 aliphatic heterocycles. The van der Waals surface area contributed by atoms with Gasteiger partial charge in [-0.05, 0) is 88.5 Å². The molecule has 1 spiro atoms. The largest absolute Gasteiger partial charge is 0.462 e. The van der Waals surface area contributed by atoms with E-state index in [0.717, 1.165) is 12.3 Å². The number of allylic oxidation sites excluding steroid dienone is 1. The number of carbonyl (C=O) groups is 1. The highest BCUT2D eigenvalue weighted by Crippen LogP contribution is 2.68. The van der Waals surface area contributed by atoms with Crippen LogP contribution < -0.4 is 5.32 Å². The van der Waals surface area contributed by atoms with Crippen LogP contribution in [0, 0.1) is 34.5 Å². The van der Waals surface area contributed by atoms with Crippen LogP contribution in [0.1, 0.15) is 65.2 Å². The average molecular weight is 344 g/mol. The molecule has 8 atom stereocenters. The van der Waals surface area contributed by atoms with E-state index in [-0.39, 0.29) is 17.5 Å². The summed E-state index contributed by atoms with van der Waals surface area (Å²) in [6.07, 6.45) is 12.6. The third-order valence-electron chi connectivity index (χ3n) is 9.33. The van der Waals surface area contributed by atoms with Gasteiger partial charge in [-0.2, -0.15) is 0 Å². The number of fused-ring (bicyclic) bond motifs is 4. The molecule has 0 bridgehead atoms. The number of esters is 1. The fourth-order valence-electron chi connectivity index (χ4n) is 8.04. The number of rotatable bonds is 1. The van der Waals surface area contributed by atoms with Gasteiger partial charge in [0.05, 0.1) is 5.41 Å². The summed E-state index contributed by atoms with van der Waals surface area (Å²) in [6.45, 7) is 4.67. The molecule has 1 heterocycles. The zero-order valence-electron chi connectivity index (χ0n) is 16.0. The first-order chi connectivity index (χ1) is 12.0. The molecule has 138 valence electrons. The summed E-state index contributed by atoms with van der Waals surface area (Å²) in [5, 5.41) is 3.50. The van der Waals surface area contributed by atoms with Crippen molar-refractivity contribution in [1.29, 1.82) is 0 Å². The van der Waals surface area contributed by atoms with Gasteiger partial charge in [0.1, 0.15) is 6.10 Å². The van der Waals surface area contributed by atoms with Gasteiger partial charge >= 0.3 is 5.97 Å². The lowest BCUT2D eigenvalue weighted by molar-refractivity contribution is -0.156. The van der Waals surface area contributed by atoms with Crippen molar-refractivity contribution >= 4 is 5.97 Å². The Hall–Kier alpha value is -0.830. The van der Waals surface area contributed by atoms with Gasteiger partial charge in [0.25, 0.3) is 0 Å². The van der Waals surface area contributed by atoms with E-state index < -0.39 is 0 Å². The molecule has 25 heavy (non-hydrogen) atoms. The Kier molecular flexibility index (Phi) is 3.49. The first-order valence-corrected chi connectivity index (χ1v) is 10.6. The normalized spacial score (nSPS) is 54.0. The van der Waals surface area contributed by atoms with Crippen molar-refractivity contribution in [1.82, 2.24) is 5.32 Å². The molecular weight excluding hydrogens is 310 g/mol. The van der Waals surface area contributed by atoms with Gasteiger partial charge in [0.15, 0.2) is 0 Å². The number of nitrogens with one attached hydrogen (secondary N) is 1. The highest BCUT2D eigenvalue weighted by atomic mass is 16.6. The zero-order chi connectivity index (χ0) is 17.4. The van der Waals surface area contributed by atoms with E-state index in [0.29, 0.717) is 29.2 Å². The van der Waals surface area contributed by atoms with Gasteiger partial charge in [0, 0.05) is 12.0 Å². The minimum absolute atomic E-state index is 0.121. The molecule has 4 aliphatic carbocycles. The van der Waals surface area contributed by atoms with Crippen LogP contribution in [-0.4, -0.2) is 25.2 Å². The molecule has 0 radical (unpaired) electrons. The van der Waals surface area contributed by atoms with E-state index in [2.05, 4.69) is 32.3 Å². The Labute approximate surface area is 152 Å². The summed E-state index contributed by atoms with van der Waals surface area (Å²) < 4.78 is 5.77. The minimum atomic E-state index is -0.121. The van der Waals surface area contributed by atoms with Crippen molar-refractivity contribution in [2.45, 2.75) is 77.4 Å². The molecule has 1 saturated heterocycles. The van der Waals surface area contributed by atoms with Gasteiger partial charge in [-0.1, -0.05) is 18.6 Å². The molecule has 4 fully saturated rings. The molecule has 3 heteroatoms. The summed E-state index contributed by atoms with van der Waals surface area (Å²) in [4.78, 5) is 12.9. The Bertz CT molecular complexity index is 628. The lowest BCUT2D eigenvalue weighted by atomic mass is 9.47. The lowest BCUT2D eigenvalue weighted by Gasteiger charge is -2.57. The molecule has 5 aliphatic rings. The summed E-state index contributed by atoms with van der Waals surface area (Å²) in [7, 11) is 2.11. The number of carbonyl (C=O) groups excluding carboxylic acids is 1. The minimum Gasteiger partial charge on any atom is -0.462 e. The van der Waals surface area contributed by atoms with E-state index in [1.165, 1.54) is 44.9 Å². The summed E-state index contributed by atoms with van der Waals surface area (Å²) in [5.74, 6) is 2.71. The molecule has 3 saturated carbocycles. The van der Waals surface area contributed by atoms with E-state index >= 15 is 0 Å². The number of hydrogen-bond acceptors (Lipinski definition) is 3. The third-order valence-corrected chi connectivity index (χ3v) is 9.33. The Morgan fingerprint density at radius 1 is 1.12 bits per heavy atom. The molecule has 5 rings (SSSR count). The van der Waals surface area contributed by atoms with E-state index in [9.17, 15) is 4.79 Å². The molecule has 0 unspecified atom stereocenters. The standard InChI is InChI=1S/C22H33NO2/c1-13-17-6-7-19-16-5-4-14-12-15(23-3)8-10-21(14,2)18(16)9-11-22(17,19)20(24)25-13/h4,13,15-19,23H,5-12H2,1-3H3/t13-,15-,16+,17+,18-,19-,21-,22-/m0/s1. The molecule has 0 amide bonds. The molecule has 0 aromatic rings. The topological polar surface area (TPSA) is 38.3 Å². The van der Waals surface area contributed by atoms with Crippen molar-refractivity contribution in [3.05, 3.63) is 11.6 Å². The maximum Gasteiger partial charge on any atom is 0.313 e. The SMILES string of the molecule is CN[C@H]1CC[C@@]2(C)C(=CC[C@H]3[C@@H]4CC[C@@H]5[C@H](C)OC(=O)[C@@]54CC[C@@H]32)C1. The van der Waals surface area contributed by atoms with Crippen molar-refractivity contribution in [3.8, 4) is 0 Å². The fraction of sp³-hybridized carbons (Fsp3) is 0.864. The van der Waals surface area contributed by atoms with Crippen LogP contribution in [0.5, 0.6) is 0 Å². The Morgan fingerprint density at radius 2 is 1.92 bits per heavy atom. The number of cyclic esters (lactones) is 1. The van der Waals surface area contributed by atoms with Crippen molar-refractivity contribution in [3.63, 3.8) is 0 Å². The van der Waals surface area contributed by atoms with E-state index in [1.54, 1.807) is 5.57 Å². The van der Waals surface area contributed by atoms with E-state index in [4.69, 9.17) is 4.74 Å². The predicted molar refractivity (Wildman–Crippen MR) is 97.9 cm³/mol. The summed E-state index contributed by atoms with van der Waals surface area (Å²) in [6, 6.07) is 0.660. The number of ether oxygens (including phenoxy) is 1. The van der Waals surface area contributed by atoms with Gasteiger partial charge in [0.2, 0.25) is 0 Å². The van der Waals surface area contributed by atoms with Crippen LogP contribution in [0.25, 0.3) is 0 Å². The third kappa shape index (κ3) is 1.94. The predicted octanol–water partition coefficient (Wildman–Crippen LogP) is 4.08. The summed E-state index contributed by atoms with van der Waals surface area (Å²) in [5.41, 5.74) is 1.97. The number of hydrogen-bond donors (Lipinski definition) is 1. The van der Waals surface area contributed by atoms with Crippen LogP contribution in [0.2, 0.25) is 0 Å². The highest BCUT2D eigenvalue weighted by Gasteiger charge is 2.68. The summed E-state index contributed by atoms with van der Waals surface area (Å²) >= 11 is 0. The van der Waals surface area contributed by atoms with Crippen molar-refractivity contribution in [2.75, 3.05) is 7.05 Å². The Balaban J connectivity index is 1.49. The lowest BCUT2D eigenvalue weighted by Crippen LogP contribution is -2.53. The second kappa shape index (κ2) is 5.34. The second-order valence-corrected chi connectivity index (χ2v) is 9.86. The van der Waals surface area contributed by atoms with Gasteiger partial charge in [-0.25, -0.2) is 0 Å². The van der Waals surface area contributed by atoms with Crippen LogP contribution in [0.3, 0.4) is 0 Å². The monoisotopic (exact) mass is 343 g/mol. The quantitative estimate of drug-likeness (QED) is 0.576.